The summed E-state index contributed by atoms with van der Waals surface area (Å²) >= 11 is 0. The Bertz CT molecular complexity index is 469. The molecule has 0 aliphatic heterocycles. The van der Waals surface area contributed by atoms with Crippen molar-refractivity contribution in [2.75, 3.05) is 19.6 Å². The summed E-state index contributed by atoms with van der Waals surface area (Å²) in [6, 6.07) is 15.1. The van der Waals surface area contributed by atoms with E-state index in [0.29, 0.717) is 6.54 Å². The SMILES string of the molecule is Cl.Cl.NCCNCCCc1cccc2ccccc12. The minimum atomic E-state index is 0. The van der Waals surface area contributed by atoms with E-state index in [0.717, 1.165) is 25.9 Å². The Morgan fingerprint density at radius 1 is 0.895 bits per heavy atom. The fraction of sp³-hybridized carbons (Fsp3) is 0.333. The van der Waals surface area contributed by atoms with Crippen molar-refractivity contribution < 1.29 is 0 Å². The standard InChI is InChI=1S/C15H20N2.2ClH/c16-10-12-17-11-4-8-14-7-3-6-13-5-1-2-9-15(13)14;;/h1-3,5-7,9,17H,4,8,10-12,16H2;2*1H. The van der Waals surface area contributed by atoms with Crippen molar-refractivity contribution in [1.82, 2.24) is 5.32 Å². The summed E-state index contributed by atoms with van der Waals surface area (Å²) in [4.78, 5) is 0. The van der Waals surface area contributed by atoms with Crippen molar-refractivity contribution in [1.29, 1.82) is 0 Å². The fourth-order valence-corrected chi connectivity index (χ4v) is 2.14. The lowest BCUT2D eigenvalue weighted by molar-refractivity contribution is 0.654. The summed E-state index contributed by atoms with van der Waals surface area (Å²) < 4.78 is 0. The monoisotopic (exact) mass is 300 g/mol. The number of fused-ring (bicyclic) bond motifs is 1. The van der Waals surface area contributed by atoms with Crippen LogP contribution >= 0.6 is 24.8 Å². The Kier molecular flexibility index (Phi) is 9.62. The smallest absolute Gasteiger partial charge is 0.00745 e. The summed E-state index contributed by atoms with van der Waals surface area (Å²) in [6.07, 6.45) is 2.28. The second-order valence-electron chi connectivity index (χ2n) is 4.28. The van der Waals surface area contributed by atoms with Gasteiger partial charge >= 0.3 is 0 Å². The zero-order valence-electron chi connectivity index (χ0n) is 11.0. The molecular weight excluding hydrogens is 279 g/mol. The molecule has 0 heterocycles. The van der Waals surface area contributed by atoms with Crippen molar-refractivity contribution in [3.63, 3.8) is 0 Å². The van der Waals surface area contributed by atoms with Gasteiger partial charge in [-0.3, -0.25) is 0 Å². The lowest BCUT2D eigenvalue weighted by Crippen LogP contribution is -2.23. The van der Waals surface area contributed by atoms with Gasteiger partial charge in [0.15, 0.2) is 0 Å². The fourth-order valence-electron chi connectivity index (χ4n) is 2.14. The molecule has 0 saturated carbocycles. The molecule has 0 fully saturated rings. The van der Waals surface area contributed by atoms with E-state index in [1.54, 1.807) is 0 Å². The first-order valence-corrected chi connectivity index (χ1v) is 6.29. The Hall–Kier alpha value is -0.800. The van der Waals surface area contributed by atoms with Crippen LogP contribution in [-0.2, 0) is 6.42 Å². The van der Waals surface area contributed by atoms with Crippen LogP contribution in [0.2, 0.25) is 0 Å². The number of hydrogen-bond acceptors (Lipinski definition) is 2. The Balaban J connectivity index is 0.00000162. The minimum absolute atomic E-state index is 0. The molecule has 0 unspecified atom stereocenters. The molecule has 2 aromatic rings. The van der Waals surface area contributed by atoms with E-state index in [-0.39, 0.29) is 24.8 Å². The van der Waals surface area contributed by atoms with Gasteiger partial charge < -0.3 is 11.1 Å². The highest BCUT2D eigenvalue weighted by Crippen LogP contribution is 2.19. The van der Waals surface area contributed by atoms with Crippen molar-refractivity contribution in [2.45, 2.75) is 12.8 Å². The van der Waals surface area contributed by atoms with Crippen molar-refractivity contribution in [3.8, 4) is 0 Å². The number of rotatable bonds is 6. The zero-order valence-corrected chi connectivity index (χ0v) is 12.6. The normalized spacial score (nSPS) is 9.74. The number of aryl methyl sites for hydroxylation is 1. The topological polar surface area (TPSA) is 38.0 Å². The number of benzene rings is 2. The van der Waals surface area contributed by atoms with Gasteiger partial charge in [0.05, 0.1) is 0 Å². The molecule has 4 heteroatoms. The highest BCUT2D eigenvalue weighted by Gasteiger charge is 1.99. The number of halogens is 2. The van der Waals surface area contributed by atoms with E-state index in [4.69, 9.17) is 5.73 Å². The van der Waals surface area contributed by atoms with Crippen LogP contribution in [0.4, 0.5) is 0 Å². The molecular formula is C15H22Cl2N2. The molecule has 106 valence electrons. The first-order chi connectivity index (χ1) is 8.42. The number of nitrogens with two attached hydrogens (primary N) is 1. The largest absolute Gasteiger partial charge is 0.329 e. The molecule has 2 aromatic carbocycles. The third-order valence-corrected chi connectivity index (χ3v) is 3.00. The quantitative estimate of drug-likeness (QED) is 0.804. The van der Waals surface area contributed by atoms with Gasteiger partial charge in [-0.1, -0.05) is 42.5 Å². The first-order valence-electron chi connectivity index (χ1n) is 6.29. The van der Waals surface area contributed by atoms with Gasteiger partial charge in [0.1, 0.15) is 0 Å². The van der Waals surface area contributed by atoms with Gasteiger partial charge in [0.2, 0.25) is 0 Å². The van der Waals surface area contributed by atoms with Crippen LogP contribution in [0.5, 0.6) is 0 Å². The molecule has 0 aliphatic rings. The van der Waals surface area contributed by atoms with E-state index in [9.17, 15) is 0 Å². The van der Waals surface area contributed by atoms with Crippen LogP contribution in [0, 0.1) is 0 Å². The van der Waals surface area contributed by atoms with Gasteiger partial charge in [0.25, 0.3) is 0 Å². The lowest BCUT2D eigenvalue weighted by Gasteiger charge is -2.07. The molecule has 2 nitrogen and oxygen atoms in total. The van der Waals surface area contributed by atoms with Crippen molar-refractivity contribution in [2.24, 2.45) is 5.73 Å². The van der Waals surface area contributed by atoms with Crippen LogP contribution < -0.4 is 11.1 Å². The van der Waals surface area contributed by atoms with Gasteiger partial charge in [-0.05, 0) is 35.7 Å². The number of hydrogen-bond donors (Lipinski definition) is 2. The zero-order chi connectivity index (χ0) is 11.9. The van der Waals surface area contributed by atoms with Gasteiger partial charge in [-0.15, -0.1) is 24.8 Å². The van der Waals surface area contributed by atoms with E-state index in [2.05, 4.69) is 47.8 Å². The molecule has 0 aromatic heterocycles. The predicted molar refractivity (Wildman–Crippen MR) is 88.7 cm³/mol. The van der Waals surface area contributed by atoms with E-state index >= 15 is 0 Å². The van der Waals surface area contributed by atoms with E-state index in [1.165, 1.54) is 16.3 Å². The summed E-state index contributed by atoms with van der Waals surface area (Å²) in [5.41, 5.74) is 6.88. The molecule has 0 bridgehead atoms. The Morgan fingerprint density at radius 3 is 2.42 bits per heavy atom. The maximum Gasteiger partial charge on any atom is 0.00745 e. The lowest BCUT2D eigenvalue weighted by atomic mass is 10.0. The van der Waals surface area contributed by atoms with Crippen molar-refractivity contribution >= 4 is 35.6 Å². The molecule has 19 heavy (non-hydrogen) atoms. The summed E-state index contributed by atoms with van der Waals surface area (Å²) in [6.45, 7) is 2.67. The minimum Gasteiger partial charge on any atom is -0.329 e. The maximum atomic E-state index is 5.43. The average molecular weight is 301 g/mol. The van der Waals surface area contributed by atoms with Gasteiger partial charge in [-0.25, -0.2) is 0 Å². The van der Waals surface area contributed by atoms with E-state index in [1.807, 2.05) is 0 Å². The molecule has 0 radical (unpaired) electrons. The molecule has 0 aliphatic carbocycles. The van der Waals surface area contributed by atoms with Crippen LogP contribution in [0.3, 0.4) is 0 Å². The predicted octanol–water partition coefficient (Wildman–Crippen LogP) is 3.16. The summed E-state index contributed by atoms with van der Waals surface area (Å²) in [5.74, 6) is 0. The van der Waals surface area contributed by atoms with Gasteiger partial charge in [0, 0.05) is 13.1 Å². The second-order valence-corrected chi connectivity index (χ2v) is 4.28. The first kappa shape index (κ1) is 18.2. The molecule has 0 saturated heterocycles. The third kappa shape index (κ3) is 5.37. The highest BCUT2D eigenvalue weighted by molar-refractivity contribution is 5.86. The molecule has 0 spiro atoms. The van der Waals surface area contributed by atoms with Crippen LogP contribution in [0.25, 0.3) is 10.8 Å². The van der Waals surface area contributed by atoms with Gasteiger partial charge in [-0.2, -0.15) is 0 Å². The molecule has 0 atom stereocenters. The van der Waals surface area contributed by atoms with E-state index < -0.39 is 0 Å². The molecule has 3 N–H and O–H groups in total. The maximum absolute atomic E-state index is 5.43. The van der Waals surface area contributed by atoms with Crippen LogP contribution in [0.15, 0.2) is 42.5 Å². The van der Waals surface area contributed by atoms with Crippen LogP contribution in [0.1, 0.15) is 12.0 Å². The molecule has 2 rings (SSSR count). The third-order valence-electron chi connectivity index (χ3n) is 3.00. The Morgan fingerprint density at radius 2 is 1.63 bits per heavy atom. The van der Waals surface area contributed by atoms with Crippen molar-refractivity contribution in [3.05, 3.63) is 48.0 Å². The Labute approximate surface area is 127 Å². The van der Waals surface area contributed by atoms with Crippen LogP contribution in [-0.4, -0.2) is 19.6 Å². The second kappa shape index (κ2) is 10.0. The molecule has 0 amide bonds. The highest BCUT2D eigenvalue weighted by atomic mass is 35.5. The number of nitrogens with one attached hydrogen (secondary N) is 1. The summed E-state index contributed by atoms with van der Waals surface area (Å²) in [5, 5.41) is 6.04. The average Bonchev–Trinajstić information content (AvgIpc) is 2.39. The summed E-state index contributed by atoms with van der Waals surface area (Å²) in [7, 11) is 0.